The molecule has 0 aliphatic rings. The molecular weight excluding hydrogens is 284 g/mol. The largest absolute Gasteiger partial charge is 0.300 e. The van der Waals surface area contributed by atoms with Gasteiger partial charge in [0.25, 0.3) is 5.24 Å². The molecule has 0 aliphatic carbocycles. The number of rotatable bonds is 7. The summed E-state index contributed by atoms with van der Waals surface area (Å²) in [7, 11) is 0. The maximum atomic E-state index is 12.0. The van der Waals surface area contributed by atoms with E-state index in [0.717, 1.165) is 18.4 Å². The van der Waals surface area contributed by atoms with E-state index in [1.807, 2.05) is 37.3 Å². The molecule has 0 saturated carbocycles. The summed E-state index contributed by atoms with van der Waals surface area (Å²) in [6.07, 6.45) is 2.94. The van der Waals surface area contributed by atoms with Gasteiger partial charge < -0.3 is 0 Å². The zero-order valence-electron chi connectivity index (χ0n) is 12.8. The van der Waals surface area contributed by atoms with Crippen molar-refractivity contribution in [3.63, 3.8) is 0 Å². The molecule has 0 aliphatic heterocycles. The molecule has 4 nitrogen and oxygen atoms in total. The van der Waals surface area contributed by atoms with Crippen molar-refractivity contribution in [2.45, 2.75) is 39.5 Å². The molecule has 0 heterocycles. The first kappa shape index (κ1) is 17.6. The molecule has 0 spiro atoms. The van der Waals surface area contributed by atoms with Crippen LogP contribution in [0.1, 0.15) is 38.7 Å². The Hall–Kier alpha value is -1.49. The minimum absolute atomic E-state index is 0.0842. The molecule has 1 rings (SSSR count). The maximum Gasteiger partial charge on any atom is 0.300 e. The van der Waals surface area contributed by atoms with Crippen LogP contribution >= 0.6 is 11.8 Å². The Morgan fingerprint density at radius 2 is 1.90 bits per heavy atom. The molecule has 0 aromatic heterocycles. The fourth-order valence-electron chi connectivity index (χ4n) is 1.82. The van der Waals surface area contributed by atoms with Gasteiger partial charge in [0.05, 0.1) is 0 Å². The lowest BCUT2D eigenvalue weighted by atomic mass is 10.1. The molecule has 116 valence electrons. The van der Waals surface area contributed by atoms with Crippen molar-refractivity contribution in [3.05, 3.63) is 35.9 Å². The number of benzene rings is 1. The van der Waals surface area contributed by atoms with E-state index in [-0.39, 0.29) is 11.1 Å². The Balaban J connectivity index is 2.45. The van der Waals surface area contributed by atoms with Gasteiger partial charge in [-0.2, -0.15) is 0 Å². The Morgan fingerprint density at radius 3 is 2.52 bits per heavy atom. The van der Waals surface area contributed by atoms with Crippen molar-refractivity contribution in [3.8, 4) is 0 Å². The van der Waals surface area contributed by atoms with E-state index < -0.39 is 0 Å². The monoisotopic (exact) mass is 308 g/mol. The van der Waals surface area contributed by atoms with E-state index >= 15 is 0 Å². The molecule has 0 saturated heterocycles. The van der Waals surface area contributed by atoms with Crippen molar-refractivity contribution in [2.24, 2.45) is 0 Å². The molecule has 1 aromatic carbocycles. The number of nitrogens with zero attached hydrogens (tertiary/aromatic N) is 1. The van der Waals surface area contributed by atoms with Crippen LogP contribution in [0.4, 0.5) is 4.79 Å². The smallest absolute Gasteiger partial charge is 0.273 e. The van der Waals surface area contributed by atoms with Gasteiger partial charge in [-0.25, -0.2) is 5.01 Å². The third-order valence-corrected chi connectivity index (χ3v) is 3.72. The second kappa shape index (κ2) is 10.3. The normalized spacial score (nSPS) is 10.2. The summed E-state index contributed by atoms with van der Waals surface area (Å²) < 4.78 is 0. The van der Waals surface area contributed by atoms with E-state index in [1.54, 1.807) is 0 Å². The molecule has 0 bridgehead atoms. The molecule has 1 aromatic rings. The van der Waals surface area contributed by atoms with Crippen LogP contribution in [0.25, 0.3) is 0 Å². The number of carbonyl (C=O) groups excluding carboxylic acids is 2. The van der Waals surface area contributed by atoms with Crippen LogP contribution < -0.4 is 5.43 Å². The summed E-state index contributed by atoms with van der Waals surface area (Å²) in [6, 6.07) is 9.88. The lowest BCUT2D eigenvalue weighted by Gasteiger charge is -2.22. The first-order valence-electron chi connectivity index (χ1n) is 7.45. The third-order valence-electron chi connectivity index (χ3n) is 2.97. The first-order valence-corrected chi connectivity index (χ1v) is 8.43. The second-order valence-corrected chi connectivity index (χ2v) is 5.94. The van der Waals surface area contributed by atoms with Crippen molar-refractivity contribution in [1.82, 2.24) is 10.4 Å². The van der Waals surface area contributed by atoms with Crippen molar-refractivity contribution < 1.29 is 9.59 Å². The summed E-state index contributed by atoms with van der Waals surface area (Å²) in [5.41, 5.74) is 3.86. The van der Waals surface area contributed by atoms with Crippen molar-refractivity contribution in [2.75, 3.05) is 12.3 Å². The van der Waals surface area contributed by atoms with Gasteiger partial charge in [-0.3, -0.25) is 15.0 Å². The standard InChI is InChI=1S/C16H24N2O2S/c1-3-5-13-18(16(20)21-4-2)17-15(19)12-11-14-9-7-6-8-10-14/h6-10H,3-5,11-13H2,1-2H3,(H,17,19). The first-order chi connectivity index (χ1) is 10.2. The highest BCUT2D eigenvalue weighted by molar-refractivity contribution is 8.13. The van der Waals surface area contributed by atoms with Crippen molar-refractivity contribution in [1.29, 1.82) is 0 Å². The quantitative estimate of drug-likeness (QED) is 0.783. The molecule has 0 fully saturated rings. The number of aryl methyl sites for hydroxylation is 1. The van der Waals surface area contributed by atoms with Crippen LogP contribution in [0.2, 0.25) is 0 Å². The highest BCUT2D eigenvalue weighted by Crippen LogP contribution is 2.08. The Labute approximate surface area is 131 Å². The Morgan fingerprint density at radius 1 is 1.19 bits per heavy atom. The molecule has 1 N–H and O–H groups in total. The third kappa shape index (κ3) is 7.18. The summed E-state index contributed by atoms with van der Waals surface area (Å²) in [5, 5.41) is 1.37. The second-order valence-electron chi connectivity index (χ2n) is 4.72. The molecule has 0 radical (unpaired) electrons. The van der Waals surface area contributed by atoms with Crippen LogP contribution in [0.15, 0.2) is 30.3 Å². The minimum Gasteiger partial charge on any atom is -0.273 e. The number of hydrogen-bond acceptors (Lipinski definition) is 3. The number of carbonyl (C=O) groups is 2. The highest BCUT2D eigenvalue weighted by Gasteiger charge is 2.15. The average Bonchev–Trinajstić information content (AvgIpc) is 2.50. The zero-order valence-corrected chi connectivity index (χ0v) is 13.6. The fourth-order valence-corrected chi connectivity index (χ4v) is 2.36. The maximum absolute atomic E-state index is 12.0. The average molecular weight is 308 g/mol. The molecule has 5 heteroatoms. The highest BCUT2D eigenvalue weighted by atomic mass is 32.2. The van der Waals surface area contributed by atoms with E-state index in [0.29, 0.717) is 25.1 Å². The topological polar surface area (TPSA) is 49.4 Å². The van der Waals surface area contributed by atoms with Gasteiger partial charge in [-0.05, 0) is 24.2 Å². The summed E-state index contributed by atoms with van der Waals surface area (Å²) in [4.78, 5) is 23.9. The van der Waals surface area contributed by atoms with Gasteiger partial charge in [0.2, 0.25) is 5.91 Å². The summed E-state index contributed by atoms with van der Waals surface area (Å²) in [5.74, 6) is 0.599. The molecular formula is C16H24N2O2S. The number of unbranched alkanes of at least 4 members (excludes halogenated alkanes) is 1. The van der Waals surface area contributed by atoms with E-state index in [4.69, 9.17) is 0 Å². The minimum atomic E-state index is -0.111. The van der Waals surface area contributed by atoms with Crippen molar-refractivity contribution >= 4 is 22.9 Å². The molecule has 21 heavy (non-hydrogen) atoms. The molecule has 0 atom stereocenters. The fraction of sp³-hybridized carbons (Fsp3) is 0.500. The predicted octanol–water partition coefficient (Wildman–Crippen LogP) is 3.63. The van der Waals surface area contributed by atoms with E-state index in [1.165, 1.54) is 16.8 Å². The number of amides is 2. The van der Waals surface area contributed by atoms with Crippen LogP contribution in [-0.4, -0.2) is 28.5 Å². The molecule has 0 unspecified atom stereocenters. The number of nitrogens with one attached hydrogen (secondary N) is 1. The van der Waals surface area contributed by atoms with Crippen LogP contribution in [-0.2, 0) is 11.2 Å². The van der Waals surface area contributed by atoms with Gasteiger partial charge in [0.1, 0.15) is 0 Å². The zero-order chi connectivity index (χ0) is 15.5. The van der Waals surface area contributed by atoms with Crippen LogP contribution in [0, 0.1) is 0 Å². The van der Waals surface area contributed by atoms with Gasteiger partial charge in [-0.1, -0.05) is 62.4 Å². The lowest BCUT2D eigenvalue weighted by Crippen LogP contribution is -2.45. The van der Waals surface area contributed by atoms with E-state index in [9.17, 15) is 9.59 Å². The van der Waals surface area contributed by atoms with Crippen LogP contribution in [0.5, 0.6) is 0 Å². The van der Waals surface area contributed by atoms with Gasteiger partial charge in [-0.15, -0.1) is 0 Å². The SMILES string of the molecule is CCCCN(NC(=O)CCc1ccccc1)C(=O)SCC. The number of hydrazine groups is 1. The number of hydrogen-bond donors (Lipinski definition) is 1. The molecule has 2 amide bonds. The van der Waals surface area contributed by atoms with Gasteiger partial charge in [0, 0.05) is 13.0 Å². The summed E-state index contributed by atoms with van der Waals surface area (Å²) in [6.45, 7) is 4.56. The summed E-state index contributed by atoms with van der Waals surface area (Å²) >= 11 is 1.22. The number of thioether (sulfide) groups is 1. The van der Waals surface area contributed by atoms with Gasteiger partial charge >= 0.3 is 0 Å². The van der Waals surface area contributed by atoms with E-state index in [2.05, 4.69) is 12.3 Å². The Kier molecular flexibility index (Phi) is 8.59. The van der Waals surface area contributed by atoms with Gasteiger partial charge in [0.15, 0.2) is 0 Å². The predicted molar refractivity (Wildman–Crippen MR) is 88.0 cm³/mol. The lowest BCUT2D eigenvalue weighted by molar-refractivity contribution is -0.124. The Bertz CT molecular complexity index is 437. The van der Waals surface area contributed by atoms with Crippen LogP contribution in [0.3, 0.4) is 0 Å².